The van der Waals surface area contributed by atoms with E-state index in [1.165, 1.54) is 4.90 Å². The van der Waals surface area contributed by atoms with Crippen LogP contribution in [0.4, 0.5) is 15.3 Å². The van der Waals surface area contributed by atoms with Crippen LogP contribution >= 0.6 is 11.6 Å². The molecule has 0 spiro atoms. The molecule has 1 N–H and O–H groups in total. The average Bonchev–Trinajstić information content (AvgIpc) is 2.79. The maximum absolute atomic E-state index is 11.8. The summed E-state index contributed by atoms with van der Waals surface area (Å²) in [5.41, 5.74) is 0.707. The Hall–Kier alpha value is -1.95. The molecule has 20 heavy (non-hydrogen) atoms. The number of carbonyl (C=O) groups excluding carboxylic acids is 2. The number of anilines is 1. The molecule has 1 aromatic carbocycles. The van der Waals surface area contributed by atoms with Crippen LogP contribution in [0.1, 0.15) is 6.92 Å². The largest absolute Gasteiger partial charge is 0.450 e. The maximum atomic E-state index is 11.8. The minimum absolute atomic E-state index is 0.217. The fourth-order valence-electron chi connectivity index (χ4n) is 1.84. The van der Waals surface area contributed by atoms with Crippen LogP contribution < -0.4 is 10.2 Å². The summed E-state index contributed by atoms with van der Waals surface area (Å²) < 4.78 is 9.91. The summed E-state index contributed by atoms with van der Waals surface area (Å²) in [6, 6.07) is 6.89. The number of nitrogens with one attached hydrogen (secondary N) is 1. The van der Waals surface area contributed by atoms with Crippen molar-refractivity contribution in [3.05, 3.63) is 29.3 Å². The molecule has 2 rings (SSSR count). The third kappa shape index (κ3) is 3.54. The fraction of sp³-hybridized carbons (Fsp3) is 0.385. The Kier molecular flexibility index (Phi) is 4.68. The van der Waals surface area contributed by atoms with Gasteiger partial charge < -0.3 is 14.8 Å². The number of ether oxygens (including phenoxy) is 2. The van der Waals surface area contributed by atoms with Crippen molar-refractivity contribution in [3.63, 3.8) is 0 Å². The van der Waals surface area contributed by atoms with Crippen LogP contribution in [0.2, 0.25) is 5.02 Å². The molecule has 1 saturated heterocycles. The maximum Gasteiger partial charge on any atom is 0.414 e. The van der Waals surface area contributed by atoms with Crippen LogP contribution in [0.5, 0.6) is 0 Å². The van der Waals surface area contributed by atoms with Crippen molar-refractivity contribution in [2.45, 2.75) is 13.0 Å². The minimum Gasteiger partial charge on any atom is -0.450 e. The van der Waals surface area contributed by atoms with Crippen molar-refractivity contribution >= 4 is 29.5 Å². The molecule has 7 heteroatoms. The second kappa shape index (κ2) is 6.47. The molecule has 1 atom stereocenters. The third-order valence-corrected chi connectivity index (χ3v) is 3.01. The van der Waals surface area contributed by atoms with E-state index in [2.05, 4.69) is 5.32 Å². The molecule has 1 aliphatic heterocycles. The first-order valence-corrected chi connectivity index (χ1v) is 6.62. The predicted molar refractivity (Wildman–Crippen MR) is 74.1 cm³/mol. The number of alkyl carbamates (subject to hydrolysis) is 1. The molecule has 1 fully saturated rings. The van der Waals surface area contributed by atoms with E-state index in [0.717, 1.165) is 0 Å². The van der Waals surface area contributed by atoms with E-state index in [4.69, 9.17) is 21.1 Å². The number of cyclic esters (lactones) is 1. The standard InChI is InChI=1S/C13H15ClN2O4/c1-2-19-12(17)15-7-11-8-16(13(18)20-11)10-5-3-9(14)4-6-10/h3-6,11H,2,7-8H2,1H3,(H,15,17). The van der Waals surface area contributed by atoms with E-state index in [1.807, 2.05) is 0 Å². The van der Waals surface area contributed by atoms with Crippen LogP contribution in [0.15, 0.2) is 24.3 Å². The molecule has 0 bridgehead atoms. The number of hydrogen-bond acceptors (Lipinski definition) is 4. The quantitative estimate of drug-likeness (QED) is 0.927. The number of halogens is 1. The summed E-state index contributed by atoms with van der Waals surface area (Å²) in [6.07, 6.45) is -1.36. The van der Waals surface area contributed by atoms with Crippen molar-refractivity contribution in [2.24, 2.45) is 0 Å². The third-order valence-electron chi connectivity index (χ3n) is 2.76. The number of carbonyl (C=O) groups is 2. The van der Waals surface area contributed by atoms with E-state index < -0.39 is 18.3 Å². The number of rotatable bonds is 4. The second-order valence-corrected chi connectivity index (χ2v) is 4.63. The monoisotopic (exact) mass is 298 g/mol. The Morgan fingerprint density at radius 2 is 2.20 bits per heavy atom. The van der Waals surface area contributed by atoms with Crippen LogP contribution in [0, 0.1) is 0 Å². The van der Waals surface area contributed by atoms with E-state index in [-0.39, 0.29) is 6.54 Å². The Morgan fingerprint density at radius 3 is 2.85 bits per heavy atom. The summed E-state index contributed by atoms with van der Waals surface area (Å²) in [5.74, 6) is 0. The minimum atomic E-state index is -0.520. The summed E-state index contributed by atoms with van der Waals surface area (Å²) in [5, 5.41) is 3.14. The smallest absolute Gasteiger partial charge is 0.414 e. The van der Waals surface area contributed by atoms with Gasteiger partial charge in [-0.15, -0.1) is 0 Å². The molecule has 0 aliphatic carbocycles. The van der Waals surface area contributed by atoms with Gasteiger partial charge in [0.1, 0.15) is 6.10 Å². The van der Waals surface area contributed by atoms with E-state index in [0.29, 0.717) is 23.9 Å². The lowest BCUT2D eigenvalue weighted by molar-refractivity contribution is 0.127. The summed E-state index contributed by atoms with van der Waals surface area (Å²) in [6.45, 7) is 2.60. The Labute approximate surface area is 121 Å². The highest BCUT2D eigenvalue weighted by molar-refractivity contribution is 6.30. The second-order valence-electron chi connectivity index (χ2n) is 4.19. The summed E-state index contributed by atoms with van der Waals surface area (Å²) in [7, 11) is 0. The topological polar surface area (TPSA) is 67.9 Å². The van der Waals surface area contributed by atoms with Crippen LogP contribution in [0.25, 0.3) is 0 Å². The highest BCUT2D eigenvalue weighted by Crippen LogP contribution is 2.23. The van der Waals surface area contributed by atoms with Crippen LogP contribution in [0.3, 0.4) is 0 Å². The molecule has 1 heterocycles. The lowest BCUT2D eigenvalue weighted by Crippen LogP contribution is -2.34. The van der Waals surface area contributed by atoms with Gasteiger partial charge in [0.15, 0.2) is 0 Å². The van der Waals surface area contributed by atoms with Crippen molar-refractivity contribution in [2.75, 3.05) is 24.6 Å². The molecule has 2 amide bonds. The number of hydrogen-bond donors (Lipinski definition) is 1. The zero-order valence-electron chi connectivity index (χ0n) is 11.0. The first-order valence-electron chi connectivity index (χ1n) is 6.24. The van der Waals surface area contributed by atoms with Gasteiger partial charge in [-0.25, -0.2) is 9.59 Å². The zero-order valence-corrected chi connectivity index (χ0v) is 11.7. The lowest BCUT2D eigenvalue weighted by Gasteiger charge is -2.13. The molecule has 108 valence electrons. The Morgan fingerprint density at radius 1 is 1.50 bits per heavy atom. The molecule has 0 aromatic heterocycles. The molecular formula is C13H15ClN2O4. The summed E-state index contributed by atoms with van der Waals surface area (Å²) >= 11 is 5.80. The molecule has 6 nitrogen and oxygen atoms in total. The van der Waals surface area contributed by atoms with Gasteiger partial charge in [-0.05, 0) is 31.2 Å². The van der Waals surface area contributed by atoms with Gasteiger partial charge in [-0.1, -0.05) is 11.6 Å². The van der Waals surface area contributed by atoms with E-state index >= 15 is 0 Å². The van der Waals surface area contributed by atoms with Gasteiger partial charge in [-0.3, -0.25) is 4.90 Å². The molecule has 1 aliphatic rings. The van der Waals surface area contributed by atoms with Gasteiger partial charge in [0.2, 0.25) is 0 Å². The normalized spacial score (nSPS) is 17.8. The molecule has 1 aromatic rings. The first kappa shape index (κ1) is 14.5. The van der Waals surface area contributed by atoms with Gasteiger partial charge in [0, 0.05) is 10.7 Å². The van der Waals surface area contributed by atoms with Crippen molar-refractivity contribution in [1.29, 1.82) is 0 Å². The predicted octanol–water partition coefficient (Wildman–Crippen LogP) is 2.41. The highest BCUT2D eigenvalue weighted by Gasteiger charge is 2.32. The van der Waals surface area contributed by atoms with Crippen LogP contribution in [-0.2, 0) is 9.47 Å². The Bertz CT molecular complexity index is 492. The number of nitrogens with zero attached hydrogens (tertiary/aromatic N) is 1. The number of amides is 2. The fourth-order valence-corrected chi connectivity index (χ4v) is 1.96. The SMILES string of the molecule is CCOC(=O)NCC1CN(c2ccc(Cl)cc2)C(=O)O1. The Balaban J connectivity index is 1.90. The van der Waals surface area contributed by atoms with Gasteiger partial charge in [0.05, 0.1) is 19.7 Å². The van der Waals surface area contributed by atoms with Crippen molar-refractivity contribution < 1.29 is 19.1 Å². The first-order chi connectivity index (χ1) is 9.60. The van der Waals surface area contributed by atoms with E-state index in [9.17, 15) is 9.59 Å². The number of benzene rings is 1. The highest BCUT2D eigenvalue weighted by atomic mass is 35.5. The van der Waals surface area contributed by atoms with E-state index in [1.54, 1.807) is 31.2 Å². The lowest BCUT2D eigenvalue weighted by atomic mass is 10.2. The van der Waals surface area contributed by atoms with Crippen molar-refractivity contribution in [1.82, 2.24) is 5.32 Å². The average molecular weight is 299 g/mol. The van der Waals surface area contributed by atoms with Crippen molar-refractivity contribution in [3.8, 4) is 0 Å². The molecule has 0 saturated carbocycles. The molecule has 1 unspecified atom stereocenters. The van der Waals surface area contributed by atoms with Gasteiger partial charge >= 0.3 is 12.2 Å². The zero-order chi connectivity index (χ0) is 14.5. The van der Waals surface area contributed by atoms with Gasteiger partial charge in [0.25, 0.3) is 0 Å². The summed E-state index contributed by atoms with van der Waals surface area (Å²) in [4.78, 5) is 24.4. The molecular weight excluding hydrogens is 284 g/mol. The molecule has 0 radical (unpaired) electrons. The van der Waals surface area contributed by atoms with Crippen LogP contribution in [-0.4, -0.2) is 38.0 Å². The van der Waals surface area contributed by atoms with Gasteiger partial charge in [-0.2, -0.15) is 0 Å².